The smallest absolute Gasteiger partial charge is 0.305 e. The maximum absolute atomic E-state index is 10.5. The molecule has 0 aliphatic carbocycles. The molecule has 0 aliphatic rings. The Morgan fingerprint density at radius 3 is 2.80 bits per heavy atom. The minimum Gasteiger partial charge on any atom is -0.456 e. The van der Waals surface area contributed by atoms with Crippen LogP contribution in [-0.4, -0.2) is 19.0 Å². The molecule has 0 aliphatic heterocycles. The monoisotopic (exact) mass is 272 g/mol. The highest BCUT2D eigenvalue weighted by molar-refractivity contribution is 9.10. The highest BCUT2D eigenvalue weighted by atomic mass is 79.9. The largest absolute Gasteiger partial charge is 0.456 e. The van der Waals surface area contributed by atoms with E-state index in [1.54, 1.807) is 18.2 Å². The van der Waals surface area contributed by atoms with E-state index in [-0.39, 0.29) is 6.79 Å². The number of esters is 1. The standard InChI is InChI=1S/C10H9BrO4/c1-7(13)14-6-15-10-3-2-8(5-12)4-9(10)11/h2-5H,6H2,1H3. The molecule has 0 aromatic heterocycles. The first kappa shape index (κ1) is 11.7. The number of ether oxygens (including phenoxy) is 2. The molecule has 5 heteroatoms. The van der Waals surface area contributed by atoms with Crippen LogP contribution >= 0.6 is 15.9 Å². The van der Waals surface area contributed by atoms with Gasteiger partial charge in [-0.1, -0.05) is 0 Å². The van der Waals surface area contributed by atoms with Gasteiger partial charge in [0, 0.05) is 12.5 Å². The molecule has 0 radical (unpaired) electrons. The lowest BCUT2D eigenvalue weighted by molar-refractivity contribution is -0.147. The van der Waals surface area contributed by atoms with Crippen molar-refractivity contribution in [3.05, 3.63) is 28.2 Å². The Morgan fingerprint density at radius 1 is 1.53 bits per heavy atom. The van der Waals surface area contributed by atoms with Crippen LogP contribution < -0.4 is 4.74 Å². The molecule has 80 valence electrons. The van der Waals surface area contributed by atoms with Gasteiger partial charge < -0.3 is 9.47 Å². The quantitative estimate of drug-likeness (QED) is 0.479. The average molecular weight is 273 g/mol. The van der Waals surface area contributed by atoms with Crippen LogP contribution in [0.5, 0.6) is 5.75 Å². The van der Waals surface area contributed by atoms with Gasteiger partial charge in [-0.3, -0.25) is 9.59 Å². The van der Waals surface area contributed by atoms with Crippen LogP contribution in [0, 0.1) is 0 Å². The molecule has 1 aromatic rings. The predicted octanol–water partition coefficient (Wildman–Crippen LogP) is 2.16. The molecule has 15 heavy (non-hydrogen) atoms. The van der Waals surface area contributed by atoms with Crippen LogP contribution in [0.15, 0.2) is 22.7 Å². The van der Waals surface area contributed by atoms with Crippen LogP contribution in [0.3, 0.4) is 0 Å². The zero-order chi connectivity index (χ0) is 11.3. The van der Waals surface area contributed by atoms with Crippen LogP contribution in [-0.2, 0) is 9.53 Å². The first-order valence-electron chi connectivity index (χ1n) is 4.14. The molecular formula is C10H9BrO4. The van der Waals surface area contributed by atoms with Crippen LogP contribution in [0.4, 0.5) is 0 Å². The lowest BCUT2D eigenvalue weighted by Gasteiger charge is -2.07. The maximum atomic E-state index is 10.5. The van der Waals surface area contributed by atoms with E-state index in [0.29, 0.717) is 15.8 Å². The van der Waals surface area contributed by atoms with Crippen molar-refractivity contribution >= 4 is 28.2 Å². The summed E-state index contributed by atoms with van der Waals surface area (Å²) >= 11 is 3.23. The lowest BCUT2D eigenvalue weighted by atomic mass is 10.2. The number of benzene rings is 1. The molecule has 0 atom stereocenters. The molecule has 1 rings (SSSR count). The zero-order valence-corrected chi connectivity index (χ0v) is 9.61. The topological polar surface area (TPSA) is 52.6 Å². The van der Waals surface area contributed by atoms with Crippen LogP contribution in [0.1, 0.15) is 17.3 Å². The summed E-state index contributed by atoms with van der Waals surface area (Å²) in [6.45, 7) is 1.16. The van der Waals surface area contributed by atoms with Gasteiger partial charge >= 0.3 is 5.97 Å². The van der Waals surface area contributed by atoms with Gasteiger partial charge in [0.2, 0.25) is 6.79 Å². The Bertz CT molecular complexity index is 376. The second kappa shape index (κ2) is 5.50. The van der Waals surface area contributed by atoms with Gasteiger partial charge in [-0.05, 0) is 34.1 Å². The van der Waals surface area contributed by atoms with E-state index in [0.717, 1.165) is 6.29 Å². The Balaban J connectivity index is 2.62. The van der Waals surface area contributed by atoms with Gasteiger partial charge in [-0.15, -0.1) is 0 Å². The van der Waals surface area contributed by atoms with Crippen LogP contribution in [0.2, 0.25) is 0 Å². The third kappa shape index (κ3) is 3.71. The minimum atomic E-state index is -0.407. The van der Waals surface area contributed by atoms with Gasteiger partial charge in [-0.2, -0.15) is 0 Å². The fourth-order valence-electron chi connectivity index (χ4n) is 0.883. The fraction of sp³-hybridized carbons (Fsp3) is 0.200. The van der Waals surface area contributed by atoms with Gasteiger partial charge in [0.05, 0.1) is 4.47 Å². The van der Waals surface area contributed by atoms with Gasteiger partial charge in [0.25, 0.3) is 0 Å². The van der Waals surface area contributed by atoms with E-state index in [1.807, 2.05) is 0 Å². The maximum Gasteiger partial charge on any atom is 0.305 e. The van der Waals surface area contributed by atoms with Crippen molar-refractivity contribution in [2.75, 3.05) is 6.79 Å². The first-order valence-corrected chi connectivity index (χ1v) is 4.93. The van der Waals surface area contributed by atoms with Crippen molar-refractivity contribution in [2.24, 2.45) is 0 Å². The zero-order valence-electron chi connectivity index (χ0n) is 8.03. The molecule has 0 unspecified atom stereocenters. The molecule has 0 heterocycles. The second-order valence-corrected chi connectivity index (χ2v) is 3.56. The van der Waals surface area contributed by atoms with Crippen molar-refractivity contribution in [3.8, 4) is 5.75 Å². The molecule has 4 nitrogen and oxygen atoms in total. The number of rotatable bonds is 4. The fourth-order valence-corrected chi connectivity index (χ4v) is 1.39. The number of aldehydes is 1. The number of hydrogen-bond donors (Lipinski definition) is 0. The highest BCUT2D eigenvalue weighted by Gasteiger charge is 2.02. The number of hydrogen-bond acceptors (Lipinski definition) is 4. The van der Waals surface area contributed by atoms with E-state index in [4.69, 9.17) is 4.74 Å². The summed E-state index contributed by atoms with van der Waals surface area (Å²) in [6.07, 6.45) is 0.737. The molecule has 0 saturated carbocycles. The average Bonchev–Trinajstić information content (AvgIpc) is 2.20. The summed E-state index contributed by atoms with van der Waals surface area (Å²) in [5.74, 6) is 0.109. The summed E-state index contributed by atoms with van der Waals surface area (Å²) in [5, 5.41) is 0. The van der Waals surface area contributed by atoms with Gasteiger partial charge in [0.1, 0.15) is 12.0 Å². The van der Waals surface area contributed by atoms with Gasteiger partial charge in [-0.25, -0.2) is 0 Å². The predicted molar refractivity (Wildman–Crippen MR) is 56.8 cm³/mol. The molecule has 0 saturated heterocycles. The normalized spacial score (nSPS) is 9.47. The summed E-state index contributed by atoms with van der Waals surface area (Å²) in [6, 6.07) is 4.86. The summed E-state index contributed by atoms with van der Waals surface area (Å²) in [7, 11) is 0. The molecule has 0 amide bonds. The van der Waals surface area contributed by atoms with Crippen molar-refractivity contribution in [1.82, 2.24) is 0 Å². The van der Waals surface area contributed by atoms with Crippen molar-refractivity contribution in [2.45, 2.75) is 6.92 Å². The molecular weight excluding hydrogens is 264 g/mol. The molecule has 0 spiro atoms. The SMILES string of the molecule is CC(=O)OCOc1ccc(C=O)cc1Br. The first-order chi connectivity index (χ1) is 7.13. The number of carbonyl (C=O) groups excluding carboxylic acids is 2. The van der Waals surface area contributed by atoms with E-state index in [9.17, 15) is 9.59 Å². The number of halogens is 1. The van der Waals surface area contributed by atoms with Crippen molar-refractivity contribution in [3.63, 3.8) is 0 Å². The third-order valence-electron chi connectivity index (χ3n) is 1.57. The summed E-state index contributed by atoms with van der Waals surface area (Å²) in [4.78, 5) is 20.9. The van der Waals surface area contributed by atoms with Crippen LogP contribution in [0.25, 0.3) is 0 Å². The van der Waals surface area contributed by atoms with E-state index >= 15 is 0 Å². The Hall–Kier alpha value is -1.36. The Labute approximate surface area is 95.3 Å². The molecule has 0 bridgehead atoms. The van der Waals surface area contributed by atoms with E-state index in [2.05, 4.69) is 20.7 Å². The molecule has 1 aromatic carbocycles. The second-order valence-electron chi connectivity index (χ2n) is 2.71. The lowest BCUT2D eigenvalue weighted by Crippen LogP contribution is -2.07. The van der Waals surface area contributed by atoms with E-state index < -0.39 is 5.97 Å². The van der Waals surface area contributed by atoms with E-state index in [1.165, 1.54) is 6.92 Å². The Kier molecular flexibility index (Phi) is 4.30. The summed E-state index contributed by atoms with van der Waals surface area (Å²) < 4.78 is 10.4. The molecule has 0 N–H and O–H groups in total. The molecule has 0 fully saturated rings. The number of carbonyl (C=O) groups is 2. The van der Waals surface area contributed by atoms with Crippen molar-refractivity contribution < 1.29 is 19.1 Å². The van der Waals surface area contributed by atoms with Crippen molar-refractivity contribution in [1.29, 1.82) is 0 Å². The third-order valence-corrected chi connectivity index (χ3v) is 2.19. The summed E-state index contributed by atoms with van der Waals surface area (Å²) in [5.41, 5.74) is 0.543. The van der Waals surface area contributed by atoms with Gasteiger partial charge in [0.15, 0.2) is 0 Å². The Morgan fingerprint density at radius 2 is 2.27 bits per heavy atom. The minimum absolute atomic E-state index is 0.144. The highest BCUT2D eigenvalue weighted by Crippen LogP contribution is 2.25.